The van der Waals surface area contributed by atoms with Gasteiger partial charge in [-0.15, -0.1) is 0 Å². The summed E-state index contributed by atoms with van der Waals surface area (Å²) in [6.07, 6.45) is 3.35. The molecule has 2 N–H and O–H groups in total. The van der Waals surface area contributed by atoms with E-state index in [1.54, 1.807) is 30.6 Å². The first-order valence-corrected chi connectivity index (χ1v) is 7.37. The van der Waals surface area contributed by atoms with Crippen molar-refractivity contribution in [3.8, 4) is 5.75 Å². The fourth-order valence-corrected chi connectivity index (χ4v) is 2.23. The molecule has 0 saturated carbocycles. The van der Waals surface area contributed by atoms with E-state index < -0.39 is 5.91 Å². The quantitative estimate of drug-likeness (QED) is 0.574. The van der Waals surface area contributed by atoms with Crippen LogP contribution in [0.4, 0.5) is 0 Å². The zero-order valence-electron chi connectivity index (χ0n) is 12.8. The monoisotopic (exact) mass is 317 g/mol. The largest absolute Gasteiger partial charge is 0.507 e. The number of hydrogen-bond acceptors (Lipinski definition) is 4. The number of hydrogen-bond donors (Lipinski definition) is 2. The van der Waals surface area contributed by atoms with Gasteiger partial charge in [0.15, 0.2) is 0 Å². The Labute approximate surface area is 139 Å². The number of para-hydroxylation sites is 1. The molecule has 118 valence electrons. The van der Waals surface area contributed by atoms with Gasteiger partial charge >= 0.3 is 0 Å². The van der Waals surface area contributed by atoms with E-state index in [0.29, 0.717) is 5.71 Å². The zero-order chi connectivity index (χ0) is 16.8. The molecule has 5 nitrogen and oxygen atoms in total. The van der Waals surface area contributed by atoms with Gasteiger partial charge in [-0.2, -0.15) is 5.10 Å². The highest BCUT2D eigenvalue weighted by Gasteiger charge is 2.11. The van der Waals surface area contributed by atoms with E-state index >= 15 is 0 Å². The molecule has 0 fully saturated rings. The molecule has 24 heavy (non-hydrogen) atoms. The van der Waals surface area contributed by atoms with Gasteiger partial charge in [-0.1, -0.05) is 42.5 Å². The molecule has 0 unspecified atom stereocenters. The van der Waals surface area contributed by atoms with Gasteiger partial charge in [0.05, 0.1) is 11.3 Å². The summed E-state index contributed by atoms with van der Waals surface area (Å²) in [7, 11) is 0. The molecule has 0 bridgehead atoms. The molecular formula is C19H15N3O2. The molecule has 0 radical (unpaired) electrons. The van der Waals surface area contributed by atoms with Crippen LogP contribution in [0, 0.1) is 0 Å². The maximum atomic E-state index is 12.2. The summed E-state index contributed by atoms with van der Waals surface area (Å²) in [5.41, 5.74) is 4.88. The smallest absolute Gasteiger partial charge is 0.275 e. The lowest BCUT2D eigenvalue weighted by molar-refractivity contribution is 0.0952. The van der Waals surface area contributed by atoms with Crippen LogP contribution in [-0.2, 0) is 0 Å². The minimum atomic E-state index is -0.481. The minimum absolute atomic E-state index is 0.0900. The van der Waals surface area contributed by atoms with Crippen molar-refractivity contribution in [1.82, 2.24) is 10.4 Å². The number of carbonyl (C=O) groups is 1. The number of pyridine rings is 1. The third-order valence-electron chi connectivity index (χ3n) is 3.40. The predicted octanol–water partition coefficient (Wildman–Crippen LogP) is 2.97. The van der Waals surface area contributed by atoms with Gasteiger partial charge in [-0.3, -0.25) is 9.78 Å². The summed E-state index contributed by atoms with van der Waals surface area (Å²) < 4.78 is 0. The fraction of sp³-hybridized carbons (Fsp3) is 0. The number of aromatic nitrogens is 1. The molecule has 1 heterocycles. The molecule has 5 heteroatoms. The van der Waals surface area contributed by atoms with E-state index in [1.807, 2.05) is 36.4 Å². The Morgan fingerprint density at radius 2 is 1.62 bits per heavy atom. The molecule has 1 amide bonds. The highest BCUT2D eigenvalue weighted by molar-refractivity contribution is 6.13. The molecule has 1 aromatic heterocycles. The highest BCUT2D eigenvalue weighted by atomic mass is 16.3. The van der Waals surface area contributed by atoms with Gasteiger partial charge in [0.2, 0.25) is 0 Å². The Kier molecular flexibility index (Phi) is 4.62. The van der Waals surface area contributed by atoms with Crippen LogP contribution >= 0.6 is 0 Å². The molecule has 0 atom stereocenters. The van der Waals surface area contributed by atoms with Gasteiger partial charge in [0.1, 0.15) is 5.75 Å². The molecular weight excluding hydrogens is 302 g/mol. The normalized spacial score (nSPS) is 11.1. The van der Waals surface area contributed by atoms with E-state index in [1.165, 1.54) is 12.1 Å². The summed E-state index contributed by atoms with van der Waals surface area (Å²) >= 11 is 0. The molecule has 0 saturated heterocycles. The van der Waals surface area contributed by atoms with Crippen LogP contribution in [0.1, 0.15) is 21.5 Å². The standard InChI is InChI=1S/C19H15N3O2/c23-17-11-5-4-10-16(17)19(24)22-21-18(14-7-2-1-3-8-14)15-9-6-12-20-13-15/h1-13,23H,(H,22,24). The number of nitrogens with one attached hydrogen (secondary N) is 1. The van der Waals surface area contributed by atoms with Crippen LogP contribution in [0.25, 0.3) is 0 Å². The van der Waals surface area contributed by atoms with E-state index in [-0.39, 0.29) is 11.3 Å². The second kappa shape index (κ2) is 7.19. The van der Waals surface area contributed by atoms with Crippen molar-refractivity contribution in [2.45, 2.75) is 0 Å². The van der Waals surface area contributed by atoms with Gasteiger partial charge in [-0.25, -0.2) is 5.43 Å². The lowest BCUT2D eigenvalue weighted by atomic mass is 10.0. The Bertz CT molecular complexity index is 821. The van der Waals surface area contributed by atoms with E-state index in [9.17, 15) is 9.90 Å². The molecule has 0 aliphatic rings. The van der Waals surface area contributed by atoms with Crippen molar-refractivity contribution in [3.05, 3.63) is 95.8 Å². The van der Waals surface area contributed by atoms with Crippen LogP contribution in [-0.4, -0.2) is 21.7 Å². The lowest BCUT2D eigenvalue weighted by Gasteiger charge is -2.08. The fourth-order valence-electron chi connectivity index (χ4n) is 2.23. The van der Waals surface area contributed by atoms with Crippen LogP contribution in [0.3, 0.4) is 0 Å². The van der Waals surface area contributed by atoms with Crippen molar-refractivity contribution in [2.24, 2.45) is 5.10 Å². The van der Waals surface area contributed by atoms with Gasteiger partial charge in [0, 0.05) is 23.5 Å². The molecule has 0 spiro atoms. The number of carbonyl (C=O) groups excluding carboxylic acids is 1. The number of amides is 1. The number of phenolic OH excluding ortho intramolecular Hbond substituents is 1. The van der Waals surface area contributed by atoms with E-state index in [4.69, 9.17) is 0 Å². The average molecular weight is 317 g/mol. The van der Waals surface area contributed by atoms with Crippen molar-refractivity contribution < 1.29 is 9.90 Å². The predicted molar refractivity (Wildman–Crippen MR) is 91.9 cm³/mol. The summed E-state index contributed by atoms with van der Waals surface area (Å²) in [5.74, 6) is -0.571. The number of aromatic hydroxyl groups is 1. The molecule has 0 aliphatic carbocycles. The van der Waals surface area contributed by atoms with E-state index in [0.717, 1.165) is 11.1 Å². The minimum Gasteiger partial charge on any atom is -0.507 e. The second-order valence-corrected chi connectivity index (χ2v) is 5.03. The van der Waals surface area contributed by atoms with Crippen molar-refractivity contribution >= 4 is 11.6 Å². The van der Waals surface area contributed by atoms with Gasteiger partial charge < -0.3 is 5.11 Å². The molecule has 3 aromatic rings. The number of nitrogens with zero attached hydrogens (tertiary/aromatic N) is 2. The Morgan fingerprint density at radius 1 is 0.917 bits per heavy atom. The van der Waals surface area contributed by atoms with Crippen LogP contribution < -0.4 is 5.43 Å². The number of benzene rings is 2. The van der Waals surface area contributed by atoms with Gasteiger partial charge in [0.25, 0.3) is 5.91 Å². The molecule has 2 aromatic carbocycles. The Balaban J connectivity index is 1.93. The first kappa shape index (κ1) is 15.4. The maximum absolute atomic E-state index is 12.2. The summed E-state index contributed by atoms with van der Waals surface area (Å²) in [4.78, 5) is 16.3. The van der Waals surface area contributed by atoms with Gasteiger partial charge in [-0.05, 0) is 24.3 Å². The lowest BCUT2D eigenvalue weighted by Crippen LogP contribution is -2.20. The van der Waals surface area contributed by atoms with Crippen LogP contribution in [0.5, 0.6) is 5.75 Å². The highest BCUT2D eigenvalue weighted by Crippen LogP contribution is 2.15. The number of phenols is 1. The molecule has 0 aliphatic heterocycles. The van der Waals surface area contributed by atoms with Crippen LogP contribution in [0.15, 0.2) is 84.2 Å². The number of hydrazone groups is 1. The summed E-state index contributed by atoms with van der Waals surface area (Å²) in [5, 5.41) is 14.0. The number of rotatable bonds is 4. The zero-order valence-corrected chi connectivity index (χ0v) is 12.8. The Hall–Kier alpha value is -3.47. The SMILES string of the molecule is O=C(NN=C(c1ccccc1)c1cccnc1)c1ccccc1O. The molecule has 3 rings (SSSR count). The Morgan fingerprint density at radius 3 is 2.33 bits per heavy atom. The second-order valence-electron chi connectivity index (χ2n) is 5.03. The van der Waals surface area contributed by atoms with Crippen molar-refractivity contribution in [1.29, 1.82) is 0 Å². The summed E-state index contributed by atoms with van der Waals surface area (Å²) in [6.45, 7) is 0. The third kappa shape index (κ3) is 3.47. The summed E-state index contributed by atoms with van der Waals surface area (Å²) in [6, 6.07) is 19.5. The first-order chi connectivity index (χ1) is 11.8. The van der Waals surface area contributed by atoms with E-state index in [2.05, 4.69) is 15.5 Å². The third-order valence-corrected chi connectivity index (χ3v) is 3.40. The van der Waals surface area contributed by atoms with Crippen molar-refractivity contribution in [2.75, 3.05) is 0 Å². The average Bonchev–Trinajstić information content (AvgIpc) is 2.64. The van der Waals surface area contributed by atoms with Crippen molar-refractivity contribution in [3.63, 3.8) is 0 Å². The first-order valence-electron chi connectivity index (χ1n) is 7.37. The van der Waals surface area contributed by atoms with Crippen LogP contribution in [0.2, 0.25) is 0 Å². The topological polar surface area (TPSA) is 74.6 Å². The maximum Gasteiger partial charge on any atom is 0.275 e.